The number of hydrogen-bond donors (Lipinski definition) is 1. The second-order valence-corrected chi connectivity index (χ2v) is 8.25. The van der Waals surface area contributed by atoms with Gasteiger partial charge in [0.15, 0.2) is 13.1 Å². The van der Waals surface area contributed by atoms with Crippen molar-refractivity contribution in [3.8, 4) is 11.5 Å². The van der Waals surface area contributed by atoms with Gasteiger partial charge in [0.25, 0.3) is 0 Å². The Labute approximate surface area is 183 Å². The van der Waals surface area contributed by atoms with Crippen LogP contribution in [0.1, 0.15) is 61.2 Å². The molecule has 1 aliphatic rings. The highest BCUT2D eigenvalue weighted by atomic mass is 16.7. The number of carbonyl (C=O) groups excluding carboxylic acids is 1. The molecule has 31 heavy (non-hydrogen) atoms. The molecule has 0 spiro atoms. The number of benzene rings is 1. The van der Waals surface area contributed by atoms with Gasteiger partial charge in [-0.05, 0) is 53.0 Å². The van der Waals surface area contributed by atoms with Crippen molar-refractivity contribution in [3.63, 3.8) is 0 Å². The minimum atomic E-state index is -0.883. The standard InChI is InChI=1S/C23H32O8/c1-13(10-23(4,5)22(25)26)8-9-16-19(28-7)14(2)17-11-29-21(24)18(17)20(16)31-12-30-15(3)27-6/h8,15H,9-12H2,1-7H3,(H,25,26). The number of carboxylic acids is 1. The first-order valence-electron chi connectivity index (χ1n) is 10.1. The molecule has 0 radical (unpaired) electrons. The van der Waals surface area contributed by atoms with Gasteiger partial charge in [0, 0.05) is 18.2 Å². The predicted octanol–water partition coefficient (Wildman–Crippen LogP) is 4.01. The molecule has 8 heteroatoms. The maximum atomic E-state index is 12.5. The summed E-state index contributed by atoms with van der Waals surface area (Å²) in [6.45, 7) is 8.90. The molecule has 0 fully saturated rings. The average molecular weight is 437 g/mol. The third kappa shape index (κ3) is 5.57. The van der Waals surface area contributed by atoms with Crippen LogP contribution in [0, 0.1) is 12.3 Å². The summed E-state index contributed by atoms with van der Waals surface area (Å²) < 4.78 is 27.3. The van der Waals surface area contributed by atoms with Crippen LogP contribution in [0.5, 0.6) is 11.5 Å². The van der Waals surface area contributed by atoms with Gasteiger partial charge >= 0.3 is 11.9 Å². The highest BCUT2D eigenvalue weighted by Crippen LogP contribution is 2.43. The molecule has 1 heterocycles. The first-order valence-corrected chi connectivity index (χ1v) is 10.1. The molecule has 8 nitrogen and oxygen atoms in total. The summed E-state index contributed by atoms with van der Waals surface area (Å²) in [5.74, 6) is -0.356. The average Bonchev–Trinajstić information content (AvgIpc) is 3.09. The molecule has 172 valence electrons. The topological polar surface area (TPSA) is 101 Å². The van der Waals surface area contributed by atoms with Crippen LogP contribution in [-0.4, -0.2) is 44.3 Å². The minimum absolute atomic E-state index is 0.122. The van der Waals surface area contributed by atoms with Crippen molar-refractivity contribution in [2.75, 3.05) is 21.0 Å². The van der Waals surface area contributed by atoms with Crippen molar-refractivity contribution >= 4 is 11.9 Å². The van der Waals surface area contributed by atoms with Gasteiger partial charge < -0.3 is 28.8 Å². The molecule has 1 unspecified atom stereocenters. The van der Waals surface area contributed by atoms with E-state index in [1.54, 1.807) is 27.9 Å². The van der Waals surface area contributed by atoms with Gasteiger partial charge in [-0.1, -0.05) is 11.6 Å². The van der Waals surface area contributed by atoms with Crippen LogP contribution < -0.4 is 9.47 Å². The maximum Gasteiger partial charge on any atom is 0.342 e. The number of esters is 1. The fraction of sp³-hybridized carbons (Fsp3) is 0.565. The zero-order chi connectivity index (χ0) is 23.3. The number of hydrogen-bond acceptors (Lipinski definition) is 7. The van der Waals surface area contributed by atoms with E-state index in [0.717, 1.165) is 16.7 Å². The van der Waals surface area contributed by atoms with Gasteiger partial charge in [-0.25, -0.2) is 4.79 Å². The Balaban J connectivity index is 2.45. The number of fused-ring (bicyclic) bond motifs is 1. The molecule has 0 saturated heterocycles. The molecule has 2 rings (SSSR count). The van der Waals surface area contributed by atoms with Gasteiger partial charge in [0.1, 0.15) is 23.7 Å². The van der Waals surface area contributed by atoms with Crippen LogP contribution in [-0.2, 0) is 32.0 Å². The summed E-state index contributed by atoms with van der Waals surface area (Å²) in [5, 5.41) is 9.39. The summed E-state index contributed by atoms with van der Waals surface area (Å²) in [6, 6.07) is 0. The van der Waals surface area contributed by atoms with E-state index in [0.29, 0.717) is 35.5 Å². The van der Waals surface area contributed by atoms with Crippen molar-refractivity contribution in [2.24, 2.45) is 5.41 Å². The molecule has 1 aromatic carbocycles. The Hall–Kier alpha value is -2.58. The molecule has 0 aliphatic carbocycles. The molecule has 0 amide bonds. The second-order valence-electron chi connectivity index (χ2n) is 8.25. The monoisotopic (exact) mass is 436 g/mol. The smallest absolute Gasteiger partial charge is 0.342 e. The third-order valence-electron chi connectivity index (χ3n) is 5.42. The van der Waals surface area contributed by atoms with Gasteiger partial charge in [-0.3, -0.25) is 4.79 Å². The normalized spacial score (nSPS) is 14.8. The number of carbonyl (C=O) groups is 2. The number of carboxylic acid groups (broad SMARTS) is 1. The van der Waals surface area contributed by atoms with Crippen molar-refractivity contribution in [1.82, 2.24) is 0 Å². The Morgan fingerprint density at radius 1 is 1.29 bits per heavy atom. The number of allylic oxidation sites excluding steroid dienone is 2. The Kier molecular flexibility index (Phi) is 8.08. The van der Waals surface area contributed by atoms with Crippen LogP contribution >= 0.6 is 0 Å². The SMILES string of the molecule is COc1c(C)c2c(c(OCOC(C)OC)c1CC=C(C)CC(C)(C)C(=O)O)C(=O)OC2. The lowest BCUT2D eigenvalue weighted by molar-refractivity contribution is -0.149. The first-order chi connectivity index (χ1) is 14.5. The van der Waals surface area contributed by atoms with Crippen LogP contribution in [0.25, 0.3) is 0 Å². The molecule has 0 bridgehead atoms. The first kappa shape index (κ1) is 24.7. The van der Waals surface area contributed by atoms with E-state index in [1.165, 1.54) is 7.11 Å². The third-order valence-corrected chi connectivity index (χ3v) is 5.42. The number of aliphatic carboxylic acids is 1. The number of cyclic esters (lactones) is 1. The second kappa shape index (κ2) is 10.2. The molecule has 1 aliphatic heterocycles. The van der Waals surface area contributed by atoms with E-state index < -0.39 is 23.6 Å². The Morgan fingerprint density at radius 2 is 1.97 bits per heavy atom. The van der Waals surface area contributed by atoms with E-state index in [-0.39, 0.29) is 13.4 Å². The lowest BCUT2D eigenvalue weighted by Gasteiger charge is -2.21. The molecule has 1 aromatic rings. The molecular weight excluding hydrogens is 404 g/mol. The van der Waals surface area contributed by atoms with Crippen molar-refractivity contribution in [1.29, 1.82) is 0 Å². The van der Waals surface area contributed by atoms with Gasteiger partial charge in [-0.2, -0.15) is 0 Å². The van der Waals surface area contributed by atoms with Crippen molar-refractivity contribution < 1.29 is 38.4 Å². The highest BCUT2D eigenvalue weighted by molar-refractivity contribution is 5.98. The van der Waals surface area contributed by atoms with Crippen molar-refractivity contribution in [2.45, 2.75) is 60.4 Å². The number of rotatable bonds is 11. The van der Waals surface area contributed by atoms with E-state index >= 15 is 0 Å². The lowest BCUT2D eigenvalue weighted by Crippen LogP contribution is -2.23. The van der Waals surface area contributed by atoms with Crippen molar-refractivity contribution in [3.05, 3.63) is 33.9 Å². The minimum Gasteiger partial charge on any atom is -0.496 e. The van der Waals surface area contributed by atoms with E-state index in [1.807, 2.05) is 19.9 Å². The summed E-state index contributed by atoms with van der Waals surface area (Å²) in [6.07, 6.45) is 2.24. The zero-order valence-electron chi connectivity index (χ0n) is 19.3. The zero-order valence-corrected chi connectivity index (χ0v) is 19.3. The molecule has 1 atom stereocenters. The summed E-state index contributed by atoms with van der Waals surface area (Å²) in [4.78, 5) is 23.9. The van der Waals surface area contributed by atoms with Crippen LogP contribution in [0.2, 0.25) is 0 Å². The molecule has 1 N–H and O–H groups in total. The lowest BCUT2D eigenvalue weighted by atomic mass is 9.85. The van der Waals surface area contributed by atoms with Crippen LogP contribution in [0.3, 0.4) is 0 Å². The number of methoxy groups -OCH3 is 2. The largest absolute Gasteiger partial charge is 0.496 e. The Bertz CT molecular complexity index is 869. The maximum absolute atomic E-state index is 12.5. The van der Waals surface area contributed by atoms with Gasteiger partial charge in [0.2, 0.25) is 0 Å². The highest BCUT2D eigenvalue weighted by Gasteiger charge is 2.33. The fourth-order valence-electron chi connectivity index (χ4n) is 3.55. The van der Waals surface area contributed by atoms with Crippen LogP contribution in [0.4, 0.5) is 0 Å². The number of ether oxygens (including phenoxy) is 5. The molecule has 0 aromatic heterocycles. The van der Waals surface area contributed by atoms with E-state index in [2.05, 4.69) is 0 Å². The summed E-state index contributed by atoms with van der Waals surface area (Å²) in [5.41, 5.74) is 2.62. The fourth-order valence-corrected chi connectivity index (χ4v) is 3.55. The molecule has 0 saturated carbocycles. The summed E-state index contributed by atoms with van der Waals surface area (Å²) in [7, 11) is 3.08. The Morgan fingerprint density at radius 3 is 2.55 bits per heavy atom. The predicted molar refractivity (Wildman–Crippen MR) is 113 cm³/mol. The van der Waals surface area contributed by atoms with Crippen LogP contribution in [0.15, 0.2) is 11.6 Å². The van der Waals surface area contributed by atoms with Gasteiger partial charge in [-0.15, -0.1) is 0 Å². The molecular formula is C23H32O8. The van der Waals surface area contributed by atoms with E-state index in [4.69, 9.17) is 23.7 Å². The summed E-state index contributed by atoms with van der Waals surface area (Å²) >= 11 is 0. The van der Waals surface area contributed by atoms with E-state index in [9.17, 15) is 14.7 Å². The quantitative estimate of drug-likeness (QED) is 0.315. The van der Waals surface area contributed by atoms with Gasteiger partial charge in [0.05, 0.1) is 12.5 Å².